The van der Waals surface area contributed by atoms with Gasteiger partial charge in [-0.3, -0.25) is 0 Å². The lowest BCUT2D eigenvalue weighted by Crippen LogP contribution is -2.51. The van der Waals surface area contributed by atoms with E-state index in [0.29, 0.717) is 37.9 Å². The van der Waals surface area contributed by atoms with Crippen LogP contribution in [0, 0.1) is 12.7 Å². The highest BCUT2D eigenvalue weighted by Crippen LogP contribution is 2.25. The summed E-state index contributed by atoms with van der Waals surface area (Å²) < 4.78 is 23.5. The number of anilines is 1. The van der Waals surface area contributed by atoms with E-state index in [2.05, 4.69) is 20.4 Å². The molecule has 0 saturated carbocycles. The first kappa shape index (κ1) is 17.0. The Balaban J connectivity index is 1.52. The van der Waals surface area contributed by atoms with Crippen LogP contribution in [0.25, 0.3) is 0 Å². The first-order valence-corrected chi connectivity index (χ1v) is 7.97. The standard InChI is InChI=1S/C16H20FN5O3/c1-11-19-15(25-20-11)10-18-16(23)22-7-5-21(6-8-22)12-3-4-13(17)14(9-12)24-2/h3-4,9H,5-8,10H2,1-2H3,(H,18,23). The second-order valence-electron chi connectivity index (χ2n) is 5.69. The van der Waals surface area contributed by atoms with E-state index in [1.807, 2.05) is 0 Å². The van der Waals surface area contributed by atoms with Crippen molar-refractivity contribution in [3.05, 3.63) is 35.7 Å². The van der Waals surface area contributed by atoms with Gasteiger partial charge in [-0.25, -0.2) is 9.18 Å². The molecule has 0 bridgehead atoms. The predicted octanol–water partition coefficient (Wildman–Crippen LogP) is 1.56. The number of carbonyl (C=O) groups excluding carboxylic acids is 1. The normalized spacial score (nSPS) is 14.5. The predicted molar refractivity (Wildman–Crippen MR) is 88.0 cm³/mol. The highest BCUT2D eigenvalue weighted by molar-refractivity contribution is 5.74. The zero-order valence-electron chi connectivity index (χ0n) is 14.2. The van der Waals surface area contributed by atoms with Gasteiger partial charge < -0.3 is 24.4 Å². The van der Waals surface area contributed by atoms with E-state index in [-0.39, 0.29) is 24.1 Å². The van der Waals surface area contributed by atoms with Crippen molar-refractivity contribution in [2.75, 3.05) is 38.2 Å². The highest BCUT2D eigenvalue weighted by Gasteiger charge is 2.22. The van der Waals surface area contributed by atoms with Crippen LogP contribution in [-0.2, 0) is 6.54 Å². The zero-order chi connectivity index (χ0) is 17.8. The van der Waals surface area contributed by atoms with Gasteiger partial charge in [-0.2, -0.15) is 4.98 Å². The Labute approximate surface area is 144 Å². The van der Waals surface area contributed by atoms with Crippen LogP contribution in [0.2, 0.25) is 0 Å². The van der Waals surface area contributed by atoms with Crippen LogP contribution in [0.5, 0.6) is 5.75 Å². The SMILES string of the molecule is COc1cc(N2CCN(C(=O)NCc3nc(C)no3)CC2)ccc1F. The number of aryl methyl sites for hydroxylation is 1. The van der Waals surface area contributed by atoms with E-state index in [1.54, 1.807) is 24.0 Å². The van der Waals surface area contributed by atoms with Crippen LogP contribution in [0.4, 0.5) is 14.9 Å². The number of amides is 2. The summed E-state index contributed by atoms with van der Waals surface area (Å²) in [6.45, 7) is 4.36. The molecule has 134 valence electrons. The van der Waals surface area contributed by atoms with Crippen molar-refractivity contribution >= 4 is 11.7 Å². The second kappa shape index (κ2) is 7.37. The van der Waals surface area contributed by atoms with Gasteiger partial charge in [0.15, 0.2) is 17.4 Å². The number of halogens is 1. The third-order valence-electron chi connectivity index (χ3n) is 4.03. The molecule has 0 unspecified atom stereocenters. The Morgan fingerprint density at radius 3 is 2.76 bits per heavy atom. The first-order valence-electron chi connectivity index (χ1n) is 7.97. The zero-order valence-corrected chi connectivity index (χ0v) is 14.2. The van der Waals surface area contributed by atoms with Crippen molar-refractivity contribution < 1.29 is 18.4 Å². The molecule has 1 aromatic heterocycles. The molecule has 0 aliphatic carbocycles. The van der Waals surface area contributed by atoms with E-state index in [4.69, 9.17) is 9.26 Å². The van der Waals surface area contributed by atoms with Crippen molar-refractivity contribution in [2.24, 2.45) is 0 Å². The number of rotatable bonds is 4. The summed E-state index contributed by atoms with van der Waals surface area (Å²) in [6.07, 6.45) is 0. The van der Waals surface area contributed by atoms with Gasteiger partial charge in [0.25, 0.3) is 0 Å². The molecule has 3 rings (SSSR count). The van der Waals surface area contributed by atoms with E-state index >= 15 is 0 Å². The van der Waals surface area contributed by atoms with E-state index in [0.717, 1.165) is 5.69 Å². The van der Waals surface area contributed by atoms with Gasteiger partial charge in [-0.1, -0.05) is 5.16 Å². The molecule has 0 radical (unpaired) electrons. The van der Waals surface area contributed by atoms with Crippen molar-refractivity contribution in [2.45, 2.75) is 13.5 Å². The summed E-state index contributed by atoms with van der Waals surface area (Å²) in [5, 5.41) is 6.44. The Morgan fingerprint density at radius 2 is 2.12 bits per heavy atom. The molecule has 1 aliphatic heterocycles. The van der Waals surface area contributed by atoms with Crippen LogP contribution in [-0.4, -0.2) is 54.4 Å². The fraction of sp³-hybridized carbons (Fsp3) is 0.438. The molecule has 0 atom stereocenters. The number of carbonyl (C=O) groups is 1. The fourth-order valence-electron chi connectivity index (χ4n) is 2.69. The number of methoxy groups -OCH3 is 1. The molecule has 1 aromatic carbocycles. The number of nitrogens with one attached hydrogen (secondary N) is 1. The summed E-state index contributed by atoms with van der Waals surface area (Å²) in [4.78, 5) is 20.1. The third-order valence-corrected chi connectivity index (χ3v) is 4.03. The Morgan fingerprint density at radius 1 is 1.36 bits per heavy atom. The minimum Gasteiger partial charge on any atom is -0.494 e. The number of urea groups is 1. The summed E-state index contributed by atoms with van der Waals surface area (Å²) in [6, 6.07) is 4.60. The van der Waals surface area contributed by atoms with E-state index < -0.39 is 0 Å². The number of benzene rings is 1. The quantitative estimate of drug-likeness (QED) is 0.902. The smallest absolute Gasteiger partial charge is 0.317 e. The minimum absolute atomic E-state index is 0.174. The van der Waals surface area contributed by atoms with Crippen LogP contribution in [0.3, 0.4) is 0 Å². The monoisotopic (exact) mass is 349 g/mol. The molecule has 1 saturated heterocycles. The van der Waals surface area contributed by atoms with Gasteiger partial charge in [0.05, 0.1) is 13.7 Å². The Hall–Kier alpha value is -2.84. The van der Waals surface area contributed by atoms with E-state index in [9.17, 15) is 9.18 Å². The first-order chi connectivity index (χ1) is 12.1. The molecule has 1 aliphatic rings. The van der Waals surface area contributed by atoms with Crippen molar-refractivity contribution in [1.82, 2.24) is 20.4 Å². The topological polar surface area (TPSA) is 83.7 Å². The van der Waals surface area contributed by atoms with Gasteiger partial charge in [-0.05, 0) is 19.1 Å². The molecule has 25 heavy (non-hydrogen) atoms. The lowest BCUT2D eigenvalue weighted by Gasteiger charge is -2.36. The van der Waals surface area contributed by atoms with Gasteiger partial charge >= 0.3 is 6.03 Å². The van der Waals surface area contributed by atoms with Gasteiger partial charge in [0.1, 0.15) is 0 Å². The molecule has 9 heteroatoms. The Kier molecular flexibility index (Phi) is 5.01. The van der Waals surface area contributed by atoms with Gasteiger partial charge in [0, 0.05) is 37.9 Å². The van der Waals surface area contributed by atoms with Crippen molar-refractivity contribution in [1.29, 1.82) is 0 Å². The molecular weight excluding hydrogens is 329 g/mol. The third kappa shape index (κ3) is 3.98. The minimum atomic E-state index is -0.388. The molecule has 0 spiro atoms. The van der Waals surface area contributed by atoms with Crippen LogP contribution >= 0.6 is 0 Å². The summed E-state index contributed by atoms with van der Waals surface area (Å²) in [5.41, 5.74) is 0.875. The summed E-state index contributed by atoms with van der Waals surface area (Å²) in [5.74, 6) is 0.739. The van der Waals surface area contributed by atoms with E-state index in [1.165, 1.54) is 13.2 Å². The molecule has 2 aromatic rings. The van der Waals surface area contributed by atoms with Crippen molar-refractivity contribution in [3.8, 4) is 5.75 Å². The Bertz CT molecular complexity index is 743. The van der Waals surface area contributed by atoms with Crippen LogP contribution in [0.1, 0.15) is 11.7 Å². The number of hydrogen-bond acceptors (Lipinski definition) is 6. The number of nitrogens with zero attached hydrogens (tertiary/aromatic N) is 4. The maximum absolute atomic E-state index is 13.5. The number of piperazine rings is 1. The molecule has 1 fully saturated rings. The average Bonchev–Trinajstić information content (AvgIpc) is 3.05. The molecular formula is C16H20FN5O3. The van der Waals surface area contributed by atoms with Crippen LogP contribution in [0.15, 0.2) is 22.7 Å². The lowest BCUT2D eigenvalue weighted by atomic mass is 10.2. The molecule has 8 nitrogen and oxygen atoms in total. The average molecular weight is 349 g/mol. The highest BCUT2D eigenvalue weighted by atomic mass is 19.1. The second-order valence-corrected chi connectivity index (χ2v) is 5.69. The van der Waals surface area contributed by atoms with Crippen molar-refractivity contribution in [3.63, 3.8) is 0 Å². The number of ether oxygens (including phenoxy) is 1. The summed E-state index contributed by atoms with van der Waals surface area (Å²) in [7, 11) is 1.44. The number of aromatic nitrogens is 2. The molecule has 2 heterocycles. The van der Waals surface area contributed by atoms with Crippen LogP contribution < -0.4 is 15.0 Å². The molecule has 1 N–H and O–H groups in total. The number of hydrogen-bond donors (Lipinski definition) is 1. The maximum atomic E-state index is 13.5. The van der Waals surface area contributed by atoms with Gasteiger partial charge in [0.2, 0.25) is 5.89 Å². The largest absolute Gasteiger partial charge is 0.494 e. The van der Waals surface area contributed by atoms with Gasteiger partial charge in [-0.15, -0.1) is 0 Å². The summed E-state index contributed by atoms with van der Waals surface area (Å²) >= 11 is 0. The molecule has 2 amide bonds. The lowest BCUT2D eigenvalue weighted by molar-refractivity contribution is 0.192. The fourth-order valence-corrected chi connectivity index (χ4v) is 2.69. The maximum Gasteiger partial charge on any atom is 0.317 e.